The van der Waals surface area contributed by atoms with Gasteiger partial charge in [-0.2, -0.15) is 5.10 Å². The molecular formula is C11H18ClN3. The van der Waals surface area contributed by atoms with Crippen molar-refractivity contribution in [1.29, 1.82) is 0 Å². The first-order chi connectivity index (χ1) is 7.20. The Bertz CT molecular complexity index is 323. The molecule has 0 aliphatic heterocycles. The van der Waals surface area contributed by atoms with Crippen molar-refractivity contribution < 1.29 is 0 Å². The third kappa shape index (κ3) is 2.33. The Morgan fingerprint density at radius 3 is 2.93 bits per heavy atom. The molecule has 3 unspecified atom stereocenters. The molecule has 3 nitrogen and oxygen atoms in total. The minimum Gasteiger partial charge on any atom is -0.256 e. The first-order valence-electron chi connectivity index (χ1n) is 5.70. The standard InChI is InChI=1S/C11H18ClN3/c1-3-8-4-5-9(12)6-10(8)11-13-7-15(2)14-11/h7-10H,3-6H2,1-2H3. The summed E-state index contributed by atoms with van der Waals surface area (Å²) in [7, 11) is 1.92. The maximum absolute atomic E-state index is 6.23. The van der Waals surface area contributed by atoms with Gasteiger partial charge in [0.1, 0.15) is 6.33 Å². The fourth-order valence-corrected chi connectivity index (χ4v) is 2.83. The third-order valence-corrected chi connectivity index (χ3v) is 3.80. The summed E-state index contributed by atoms with van der Waals surface area (Å²) >= 11 is 6.23. The predicted octanol–water partition coefficient (Wildman–Crippen LogP) is 2.72. The van der Waals surface area contributed by atoms with Crippen molar-refractivity contribution in [3.05, 3.63) is 12.2 Å². The van der Waals surface area contributed by atoms with Gasteiger partial charge in [-0.25, -0.2) is 4.98 Å². The summed E-state index contributed by atoms with van der Waals surface area (Å²) in [6.07, 6.45) is 6.37. The van der Waals surface area contributed by atoms with Crippen LogP contribution in [0.25, 0.3) is 0 Å². The van der Waals surface area contributed by atoms with E-state index in [-0.39, 0.29) is 0 Å². The van der Waals surface area contributed by atoms with Crippen LogP contribution in [-0.4, -0.2) is 20.1 Å². The summed E-state index contributed by atoms with van der Waals surface area (Å²) in [5.41, 5.74) is 0. The van der Waals surface area contributed by atoms with Crippen LogP contribution in [0.2, 0.25) is 0 Å². The van der Waals surface area contributed by atoms with Crippen LogP contribution in [0.5, 0.6) is 0 Å². The molecule has 1 fully saturated rings. The van der Waals surface area contributed by atoms with E-state index in [2.05, 4.69) is 17.0 Å². The fourth-order valence-electron chi connectivity index (χ4n) is 2.51. The molecule has 4 heteroatoms. The van der Waals surface area contributed by atoms with Crippen molar-refractivity contribution in [2.45, 2.75) is 43.9 Å². The molecule has 0 amide bonds. The van der Waals surface area contributed by atoms with E-state index in [0.29, 0.717) is 17.2 Å². The van der Waals surface area contributed by atoms with Crippen LogP contribution in [0, 0.1) is 5.92 Å². The van der Waals surface area contributed by atoms with E-state index in [1.807, 2.05) is 7.05 Å². The van der Waals surface area contributed by atoms with Crippen LogP contribution in [-0.2, 0) is 7.05 Å². The number of alkyl halides is 1. The summed E-state index contributed by atoms with van der Waals surface area (Å²) < 4.78 is 1.78. The molecule has 1 aromatic heterocycles. The molecule has 2 rings (SSSR count). The second-order valence-corrected chi connectivity index (χ2v) is 5.08. The molecule has 0 saturated heterocycles. The van der Waals surface area contributed by atoms with E-state index in [1.165, 1.54) is 12.8 Å². The first-order valence-corrected chi connectivity index (χ1v) is 6.14. The number of rotatable bonds is 2. The van der Waals surface area contributed by atoms with Gasteiger partial charge < -0.3 is 0 Å². The zero-order chi connectivity index (χ0) is 10.8. The average Bonchev–Trinajstić information content (AvgIpc) is 2.65. The number of aromatic nitrogens is 3. The lowest BCUT2D eigenvalue weighted by molar-refractivity contribution is 0.293. The van der Waals surface area contributed by atoms with Crippen molar-refractivity contribution in [3.63, 3.8) is 0 Å². The zero-order valence-corrected chi connectivity index (χ0v) is 10.1. The average molecular weight is 228 g/mol. The molecule has 84 valence electrons. The summed E-state index contributed by atoms with van der Waals surface area (Å²) in [5, 5.41) is 4.72. The van der Waals surface area contributed by atoms with E-state index >= 15 is 0 Å². The minimum absolute atomic E-state index is 0.307. The van der Waals surface area contributed by atoms with Gasteiger partial charge in [-0.05, 0) is 25.2 Å². The van der Waals surface area contributed by atoms with Crippen molar-refractivity contribution in [3.8, 4) is 0 Å². The molecule has 0 N–H and O–H groups in total. The molecule has 3 atom stereocenters. The normalized spacial score (nSPS) is 31.8. The van der Waals surface area contributed by atoms with E-state index in [1.54, 1.807) is 11.0 Å². The zero-order valence-electron chi connectivity index (χ0n) is 9.36. The Labute approximate surface area is 95.8 Å². The van der Waals surface area contributed by atoms with Gasteiger partial charge in [0.15, 0.2) is 5.82 Å². The summed E-state index contributed by atoms with van der Waals surface area (Å²) in [6.45, 7) is 2.25. The molecular weight excluding hydrogens is 210 g/mol. The number of aryl methyl sites for hydroxylation is 1. The van der Waals surface area contributed by atoms with Gasteiger partial charge in [0.05, 0.1) is 0 Å². The van der Waals surface area contributed by atoms with Crippen LogP contribution < -0.4 is 0 Å². The molecule has 15 heavy (non-hydrogen) atoms. The number of halogens is 1. The Kier molecular flexibility index (Phi) is 3.29. The van der Waals surface area contributed by atoms with Gasteiger partial charge in [-0.3, -0.25) is 4.68 Å². The van der Waals surface area contributed by atoms with Crippen LogP contribution >= 0.6 is 11.6 Å². The second kappa shape index (κ2) is 4.52. The summed E-state index contributed by atoms with van der Waals surface area (Å²) in [6, 6.07) is 0. The lowest BCUT2D eigenvalue weighted by atomic mass is 9.77. The molecule has 1 aliphatic carbocycles. The van der Waals surface area contributed by atoms with Crippen LogP contribution in [0.4, 0.5) is 0 Å². The molecule has 1 saturated carbocycles. The SMILES string of the molecule is CCC1CCC(Cl)CC1c1ncn(C)n1. The molecule has 1 heterocycles. The predicted molar refractivity (Wildman–Crippen MR) is 61.0 cm³/mol. The molecule has 0 aromatic carbocycles. The van der Waals surface area contributed by atoms with Crippen LogP contribution in [0.1, 0.15) is 44.3 Å². The number of hydrogen-bond acceptors (Lipinski definition) is 2. The maximum atomic E-state index is 6.23. The van der Waals surface area contributed by atoms with Crippen molar-refractivity contribution in [2.24, 2.45) is 13.0 Å². The lowest BCUT2D eigenvalue weighted by Crippen LogP contribution is -2.24. The number of hydrogen-bond donors (Lipinski definition) is 0. The Morgan fingerprint density at radius 2 is 2.33 bits per heavy atom. The van der Waals surface area contributed by atoms with Crippen molar-refractivity contribution in [2.75, 3.05) is 0 Å². The van der Waals surface area contributed by atoms with Gasteiger partial charge in [0.25, 0.3) is 0 Å². The highest BCUT2D eigenvalue weighted by molar-refractivity contribution is 6.20. The highest BCUT2D eigenvalue weighted by Crippen LogP contribution is 2.39. The first kappa shape index (κ1) is 10.9. The van der Waals surface area contributed by atoms with Crippen molar-refractivity contribution >= 4 is 11.6 Å². The lowest BCUT2D eigenvalue weighted by Gasteiger charge is -2.31. The maximum Gasteiger partial charge on any atom is 0.153 e. The quantitative estimate of drug-likeness (QED) is 0.728. The molecule has 0 spiro atoms. The van der Waals surface area contributed by atoms with E-state index in [0.717, 1.165) is 18.7 Å². The van der Waals surface area contributed by atoms with Crippen LogP contribution in [0.3, 0.4) is 0 Å². The van der Waals surface area contributed by atoms with Crippen LogP contribution in [0.15, 0.2) is 6.33 Å². The van der Waals surface area contributed by atoms with Gasteiger partial charge in [0, 0.05) is 18.3 Å². The molecule has 1 aliphatic rings. The number of nitrogens with zero attached hydrogens (tertiary/aromatic N) is 3. The molecule has 0 radical (unpaired) electrons. The smallest absolute Gasteiger partial charge is 0.153 e. The fraction of sp³-hybridized carbons (Fsp3) is 0.818. The Morgan fingerprint density at radius 1 is 1.53 bits per heavy atom. The third-order valence-electron chi connectivity index (χ3n) is 3.40. The monoisotopic (exact) mass is 227 g/mol. The van der Waals surface area contributed by atoms with Crippen molar-refractivity contribution in [1.82, 2.24) is 14.8 Å². The minimum atomic E-state index is 0.307. The van der Waals surface area contributed by atoms with Gasteiger partial charge >= 0.3 is 0 Å². The Hall–Kier alpha value is -0.570. The highest BCUT2D eigenvalue weighted by Gasteiger charge is 2.31. The Balaban J connectivity index is 2.16. The highest BCUT2D eigenvalue weighted by atomic mass is 35.5. The van der Waals surface area contributed by atoms with E-state index in [4.69, 9.17) is 11.6 Å². The van der Waals surface area contributed by atoms with Gasteiger partial charge in [-0.1, -0.05) is 13.3 Å². The van der Waals surface area contributed by atoms with Gasteiger partial charge in [0.2, 0.25) is 0 Å². The summed E-state index contributed by atoms with van der Waals surface area (Å²) in [5.74, 6) is 2.16. The second-order valence-electron chi connectivity index (χ2n) is 4.46. The van der Waals surface area contributed by atoms with E-state index in [9.17, 15) is 0 Å². The summed E-state index contributed by atoms with van der Waals surface area (Å²) in [4.78, 5) is 4.37. The molecule has 0 bridgehead atoms. The molecule has 1 aromatic rings. The largest absolute Gasteiger partial charge is 0.256 e. The van der Waals surface area contributed by atoms with Gasteiger partial charge in [-0.15, -0.1) is 11.6 Å². The van der Waals surface area contributed by atoms with E-state index < -0.39 is 0 Å². The topological polar surface area (TPSA) is 30.7 Å².